The molecule has 2 aliphatic rings. The molecule has 0 N–H and O–H groups in total. The number of rotatable bonds is 0. The lowest BCUT2D eigenvalue weighted by atomic mass is 9.77. The van der Waals surface area contributed by atoms with Crippen molar-refractivity contribution in [2.24, 2.45) is 10.8 Å². The minimum atomic E-state index is 0.204. The molecule has 0 bridgehead atoms. The van der Waals surface area contributed by atoms with Gasteiger partial charge in [0.15, 0.2) is 11.6 Å². The maximum absolute atomic E-state index is 11.0. The van der Waals surface area contributed by atoms with E-state index in [1.807, 2.05) is 13.8 Å². The van der Waals surface area contributed by atoms with Gasteiger partial charge in [0.2, 0.25) is 0 Å². The fourth-order valence-electron chi connectivity index (χ4n) is 3.33. The third kappa shape index (κ3) is 5.85. The molecule has 2 aliphatic carbocycles. The second kappa shape index (κ2) is 6.07. The van der Waals surface area contributed by atoms with E-state index in [9.17, 15) is 9.59 Å². The molecular weight excluding hydrogens is 248 g/mol. The summed E-state index contributed by atoms with van der Waals surface area (Å²) in [4.78, 5) is 22.0. The van der Waals surface area contributed by atoms with Gasteiger partial charge in [-0.3, -0.25) is 9.59 Å². The molecule has 0 amide bonds. The summed E-state index contributed by atoms with van der Waals surface area (Å²) in [6.45, 7) is 12.6. The predicted octanol–water partition coefficient (Wildman–Crippen LogP) is 4.64. The van der Waals surface area contributed by atoms with E-state index in [0.29, 0.717) is 12.8 Å². The summed E-state index contributed by atoms with van der Waals surface area (Å²) in [6.07, 6.45) is 7.10. The summed E-state index contributed by atoms with van der Waals surface area (Å²) in [5, 5.41) is 0. The Morgan fingerprint density at radius 3 is 1.20 bits per heavy atom. The van der Waals surface area contributed by atoms with Crippen molar-refractivity contribution < 1.29 is 9.59 Å². The van der Waals surface area contributed by atoms with Crippen LogP contribution in [0.15, 0.2) is 23.3 Å². The zero-order valence-corrected chi connectivity index (χ0v) is 13.8. The summed E-state index contributed by atoms with van der Waals surface area (Å²) in [5.74, 6) is 0.572. The van der Waals surface area contributed by atoms with Crippen molar-refractivity contribution in [3.63, 3.8) is 0 Å². The Morgan fingerprint density at radius 1 is 0.700 bits per heavy atom. The van der Waals surface area contributed by atoms with Crippen LogP contribution in [0.1, 0.15) is 67.2 Å². The minimum Gasteiger partial charge on any atom is -0.295 e. The summed E-state index contributed by atoms with van der Waals surface area (Å²) in [6, 6.07) is 0. The molecule has 0 heterocycles. The van der Waals surface area contributed by atoms with E-state index < -0.39 is 0 Å². The van der Waals surface area contributed by atoms with Crippen molar-refractivity contribution in [3.05, 3.63) is 23.3 Å². The number of ketones is 2. The van der Waals surface area contributed by atoms with Crippen molar-refractivity contribution in [2.75, 3.05) is 0 Å². The standard InChI is InChI=1S/2C9H14O/c2*1-7-4-8(10)6-9(2,3)5-7/h2*4H,5-6H2,1-3H3. The lowest BCUT2D eigenvalue weighted by Crippen LogP contribution is -2.20. The molecular formula is C18H28O2. The van der Waals surface area contributed by atoms with Crippen LogP contribution in [-0.4, -0.2) is 11.6 Å². The van der Waals surface area contributed by atoms with Crippen molar-refractivity contribution >= 4 is 11.6 Å². The maximum Gasteiger partial charge on any atom is 0.156 e. The minimum absolute atomic E-state index is 0.204. The fraction of sp³-hybridized carbons (Fsp3) is 0.667. The first-order chi connectivity index (χ1) is 8.99. The van der Waals surface area contributed by atoms with E-state index >= 15 is 0 Å². The van der Waals surface area contributed by atoms with Crippen LogP contribution >= 0.6 is 0 Å². The van der Waals surface area contributed by atoms with Crippen LogP contribution in [0, 0.1) is 10.8 Å². The SMILES string of the molecule is CC1=CC(=O)CC(C)(C)C1.CC1=CC(=O)CC(C)(C)C1. The molecule has 0 aromatic carbocycles. The average molecular weight is 276 g/mol. The van der Waals surface area contributed by atoms with Crippen molar-refractivity contribution in [2.45, 2.75) is 67.2 Å². The third-order valence-corrected chi connectivity index (χ3v) is 3.64. The van der Waals surface area contributed by atoms with E-state index in [1.165, 1.54) is 11.1 Å². The van der Waals surface area contributed by atoms with Gasteiger partial charge in [-0.25, -0.2) is 0 Å². The monoisotopic (exact) mass is 276 g/mol. The highest BCUT2D eigenvalue weighted by atomic mass is 16.1. The molecule has 0 aromatic heterocycles. The van der Waals surface area contributed by atoms with Crippen LogP contribution in [-0.2, 0) is 9.59 Å². The van der Waals surface area contributed by atoms with E-state index in [2.05, 4.69) is 27.7 Å². The molecule has 2 nitrogen and oxygen atoms in total. The summed E-state index contributed by atoms with van der Waals surface area (Å²) < 4.78 is 0. The van der Waals surface area contributed by atoms with Crippen LogP contribution in [0.3, 0.4) is 0 Å². The Bertz CT molecular complexity index is 418. The van der Waals surface area contributed by atoms with Crippen LogP contribution in [0.4, 0.5) is 0 Å². The van der Waals surface area contributed by atoms with Gasteiger partial charge >= 0.3 is 0 Å². The predicted molar refractivity (Wildman–Crippen MR) is 83.6 cm³/mol. The number of hydrogen-bond acceptors (Lipinski definition) is 2. The van der Waals surface area contributed by atoms with Gasteiger partial charge in [0.05, 0.1) is 0 Å². The van der Waals surface area contributed by atoms with Crippen molar-refractivity contribution in [1.29, 1.82) is 0 Å². The molecule has 0 aromatic rings. The molecule has 0 fully saturated rings. The van der Waals surface area contributed by atoms with Gasteiger partial charge in [0.1, 0.15) is 0 Å². The van der Waals surface area contributed by atoms with Crippen LogP contribution in [0.2, 0.25) is 0 Å². The highest BCUT2D eigenvalue weighted by molar-refractivity contribution is 5.92. The second-order valence-electron chi connectivity index (χ2n) is 7.95. The normalized spacial score (nSPS) is 24.3. The fourth-order valence-corrected chi connectivity index (χ4v) is 3.33. The largest absolute Gasteiger partial charge is 0.295 e. The number of hydrogen-bond donors (Lipinski definition) is 0. The van der Waals surface area contributed by atoms with Gasteiger partial charge in [0.25, 0.3) is 0 Å². The molecule has 0 saturated heterocycles. The topological polar surface area (TPSA) is 34.1 Å². The van der Waals surface area contributed by atoms with E-state index in [0.717, 1.165) is 12.8 Å². The van der Waals surface area contributed by atoms with Crippen LogP contribution in [0.25, 0.3) is 0 Å². The van der Waals surface area contributed by atoms with Gasteiger partial charge in [-0.05, 0) is 49.7 Å². The maximum atomic E-state index is 11.0. The molecule has 0 atom stereocenters. The lowest BCUT2D eigenvalue weighted by molar-refractivity contribution is -0.117. The first kappa shape index (κ1) is 16.9. The van der Waals surface area contributed by atoms with E-state index in [4.69, 9.17) is 0 Å². The lowest BCUT2D eigenvalue weighted by Gasteiger charge is -2.27. The Morgan fingerprint density at radius 2 is 1.00 bits per heavy atom. The Labute approximate surface area is 123 Å². The molecule has 0 spiro atoms. The first-order valence-corrected chi connectivity index (χ1v) is 7.39. The molecule has 0 saturated carbocycles. The highest BCUT2D eigenvalue weighted by Gasteiger charge is 2.26. The highest BCUT2D eigenvalue weighted by Crippen LogP contribution is 2.33. The zero-order valence-electron chi connectivity index (χ0n) is 13.8. The molecule has 0 aliphatic heterocycles. The van der Waals surface area contributed by atoms with E-state index in [1.54, 1.807) is 12.2 Å². The van der Waals surface area contributed by atoms with Gasteiger partial charge in [-0.2, -0.15) is 0 Å². The number of allylic oxidation sites excluding steroid dienone is 4. The van der Waals surface area contributed by atoms with Crippen LogP contribution < -0.4 is 0 Å². The van der Waals surface area contributed by atoms with Crippen molar-refractivity contribution in [3.8, 4) is 0 Å². The summed E-state index contributed by atoms with van der Waals surface area (Å²) in [5.41, 5.74) is 2.86. The molecule has 0 unspecified atom stereocenters. The smallest absolute Gasteiger partial charge is 0.156 e. The zero-order chi connectivity index (χ0) is 15.6. The van der Waals surface area contributed by atoms with Crippen LogP contribution in [0.5, 0.6) is 0 Å². The summed E-state index contributed by atoms with van der Waals surface area (Å²) in [7, 11) is 0. The van der Waals surface area contributed by atoms with Gasteiger partial charge in [-0.15, -0.1) is 0 Å². The first-order valence-electron chi connectivity index (χ1n) is 7.39. The van der Waals surface area contributed by atoms with Gasteiger partial charge in [0, 0.05) is 12.8 Å². The average Bonchev–Trinajstić information content (AvgIpc) is 2.08. The molecule has 2 heteroatoms. The van der Waals surface area contributed by atoms with Crippen molar-refractivity contribution in [1.82, 2.24) is 0 Å². The number of carbonyl (C=O) groups is 2. The Hall–Kier alpha value is -1.18. The van der Waals surface area contributed by atoms with Gasteiger partial charge in [-0.1, -0.05) is 38.8 Å². The Balaban J connectivity index is 0.000000200. The third-order valence-electron chi connectivity index (χ3n) is 3.64. The molecule has 20 heavy (non-hydrogen) atoms. The molecule has 0 radical (unpaired) electrons. The number of carbonyl (C=O) groups excluding carboxylic acids is 2. The Kier molecular flexibility index (Phi) is 5.12. The second-order valence-corrected chi connectivity index (χ2v) is 7.95. The van der Waals surface area contributed by atoms with E-state index in [-0.39, 0.29) is 22.4 Å². The summed E-state index contributed by atoms with van der Waals surface area (Å²) >= 11 is 0. The quantitative estimate of drug-likeness (QED) is 0.645. The van der Waals surface area contributed by atoms with Gasteiger partial charge < -0.3 is 0 Å². The molecule has 112 valence electrons. The molecule has 2 rings (SSSR count).